The van der Waals surface area contributed by atoms with Crippen molar-refractivity contribution in [3.63, 3.8) is 0 Å². The van der Waals surface area contributed by atoms with Gasteiger partial charge in [-0.25, -0.2) is 15.0 Å². The molecule has 0 aliphatic rings. The summed E-state index contributed by atoms with van der Waals surface area (Å²) < 4.78 is 7.49. The van der Waals surface area contributed by atoms with Crippen LogP contribution in [0.5, 0.6) is 5.88 Å². The summed E-state index contributed by atoms with van der Waals surface area (Å²) in [5.74, 6) is 1.30. The highest BCUT2D eigenvalue weighted by molar-refractivity contribution is 5.88. The summed E-state index contributed by atoms with van der Waals surface area (Å²) >= 11 is 0. The molecule has 0 unspecified atom stereocenters. The van der Waals surface area contributed by atoms with Crippen LogP contribution in [0.4, 0.5) is 11.5 Å². The first-order valence-electron chi connectivity index (χ1n) is 6.40. The molecule has 0 aliphatic carbocycles. The van der Waals surface area contributed by atoms with Crippen molar-refractivity contribution in [3.05, 3.63) is 36.9 Å². The summed E-state index contributed by atoms with van der Waals surface area (Å²) in [7, 11) is 1.96. The number of nitrogens with one attached hydrogen (secondary N) is 1. The molecule has 0 radical (unpaired) electrons. The van der Waals surface area contributed by atoms with Gasteiger partial charge in [0.15, 0.2) is 5.82 Å². The van der Waals surface area contributed by atoms with E-state index < -0.39 is 0 Å². The van der Waals surface area contributed by atoms with Crippen molar-refractivity contribution in [2.24, 2.45) is 7.05 Å². The fourth-order valence-electron chi connectivity index (χ4n) is 2.08. The number of rotatable bonds is 4. The van der Waals surface area contributed by atoms with Crippen LogP contribution in [0.15, 0.2) is 36.9 Å². The molecule has 0 spiro atoms. The van der Waals surface area contributed by atoms with Crippen LogP contribution in [0, 0.1) is 0 Å². The van der Waals surface area contributed by atoms with Gasteiger partial charge >= 0.3 is 0 Å². The molecule has 6 heteroatoms. The highest BCUT2D eigenvalue weighted by atomic mass is 16.5. The lowest BCUT2D eigenvalue weighted by molar-refractivity contribution is 0.329. The molecule has 0 atom stereocenters. The van der Waals surface area contributed by atoms with Crippen LogP contribution in [0.3, 0.4) is 0 Å². The maximum Gasteiger partial charge on any atom is 0.237 e. The van der Waals surface area contributed by atoms with E-state index in [9.17, 15) is 0 Å². The van der Waals surface area contributed by atoms with E-state index in [1.54, 1.807) is 12.5 Å². The van der Waals surface area contributed by atoms with Gasteiger partial charge in [-0.05, 0) is 25.1 Å². The number of anilines is 2. The van der Waals surface area contributed by atoms with Gasteiger partial charge in [0.1, 0.15) is 17.5 Å². The first kappa shape index (κ1) is 12.4. The highest BCUT2D eigenvalue weighted by Gasteiger charge is 2.10. The van der Waals surface area contributed by atoms with Gasteiger partial charge in [0.2, 0.25) is 5.88 Å². The predicted molar refractivity (Wildman–Crippen MR) is 77.2 cm³/mol. The van der Waals surface area contributed by atoms with E-state index in [1.807, 2.05) is 42.9 Å². The molecular formula is C14H15N5O. The van der Waals surface area contributed by atoms with E-state index >= 15 is 0 Å². The zero-order valence-electron chi connectivity index (χ0n) is 11.4. The first-order valence-corrected chi connectivity index (χ1v) is 6.40. The third kappa shape index (κ3) is 2.16. The summed E-state index contributed by atoms with van der Waals surface area (Å²) in [5, 5.41) is 3.27. The summed E-state index contributed by atoms with van der Waals surface area (Å²) in [6, 6.07) is 5.72. The van der Waals surface area contributed by atoms with E-state index in [-0.39, 0.29) is 0 Å². The van der Waals surface area contributed by atoms with Crippen molar-refractivity contribution in [2.45, 2.75) is 6.92 Å². The molecule has 0 aliphatic heterocycles. The molecule has 6 nitrogen and oxygen atoms in total. The lowest BCUT2D eigenvalue weighted by Crippen LogP contribution is -2.02. The molecule has 1 N–H and O–H groups in total. The maximum atomic E-state index is 5.51. The molecule has 0 bridgehead atoms. The van der Waals surface area contributed by atoms with E-state index in [0.29, 0.717) is 12.5 Å². The number of aromatic nitrogens is 4. The smallest absolute Gasteiger partial charge is 0.237 e. The summed E-state index contributed by atoms with van der Waals surface area (Å²) in [6.45, 7) is 2.49. The van der Waals surface area contributed by atoms with Gasteiger partial charge < -0.3 is 14.6 Å². The number of ether oxygens (including phenoxy) is 1. The topological polar surface area (TPSA) is 64.9 Å². The van der Waals surface area contributed by atoms with Gasteiger partial charge in [0, 0.05) is 19.4 Å². The molecule has 102 valence electrons. The van der Waals surface area contributed by atoms with Crippen molar-refractivity contribution < 1.29 is 4.74 Å². The number of aryl methyl sites for hydroxylation is 1. The Morgan fingerprint density at radius 2 is 2.15 bits per heavy atom. The molecule has 3 heterocycles. The molecule has 0 aromatic carbocycles. The number of fused-ring (bicyclic) bond motifs is 1. The molecule has 3 rings (SSSR count). The number of hydrogen-bond acceptors (Lipinski definition) is 5. The van der Waals surface area contributed by atoms with Gasteiger partial charge in [0.25, 0.3) is 0 Å². The number of hydrogen-bond donors (Lipinski definition) is 1. The Morgan fingerprint density at radius 3 is 3.00 bits per heavy atom. The minimum atomic E-state index is 0.565. The fourth-order valence-corrected chi connectivity index (χ4v) is 2.08. The lowest BCUT2D eigenvalue weighted by Gasteiger charge is -2.11. The van der Waals surface area contributed by atoms with Crippen LogP contribution >= 0.6 is 0 Å². The molecule has 0 saturated heterocycles. The predicted octanol–water partition coefficient (Wildman–Crippen LogP) is 2.51. The summed E-state index contributed by atoms with van der Waals surface area (Å²) in [6.07, 6.45) is 5.20. The quantitative estimate of drug-likeness (QED) is 0.788. The van der Waals surface area contributed by atoms with Crippen molar-refractivity contribution in [2.75, 3.05) is 11.9 Å². The van der Waals surface area contributed by atoms with Crippen LogP contribution in [0.2, 0.25) is 0 Å². The fraction of sp³-hybridized carbons (Fsp3) is 0.214. The minimum absolute atomic E-state index is 0.565. The minimum Gasteiger partial charge on any atom is -0.476 e. The average Bonchev–Trinajstić information content (AvgIpc) is 2.84. The van der Waals surface area contributed by atoms with Crippen LogP contribution in [0.1, 0.15) is 6.92 Å². The summed E-state index contributed by atoms with van der Waals surface area (Å²) in [5.41, 5.74) is 2.63. The van der Waals surface area contributed by atoms with Gasteiger partial charge in [-0.1, -0.05) is 0 Å². The Labute approximate surface area is 116 Å². The van der Waals surface area contributed by atoms with E-state index in [1.165, 1.54) is 0 Å². The lowest BCUT2D eigenvalue weighted by atomic mass is 10.3. The van der Waals surface area contributed by atoms with Gasteiger partial charge in [-0.3, -0.25) is 0 Å². The SMILES string of the molecule is CCOc1ncccc1Nc1ncnc2ccn(C)c12. The Kier molecular flexibility index (Phi) is 3.20. The Hall–Kier alpha value is -2.63. The second-order valence-corrected chi connectivity index (χ2v) is 4.30. The zero-order valence-corrected chi connectivity index (χ0v) is 11.4. The van der Waals surface area contributed by atoms with Crippen molar-refractivity contribution in [1.82, 2.24) is 19.5 Å². The second kappa shape index (κ2) is 5.16. The molecule has 0 saturated carbocycles. The molecule has 0 amide bonds. The average molecular weight is 269 g/mol. The monoisotopic (exact) mass is 269 g/mol. The van der Waals surface area contributed by atoms with Crippen LogP contribution in [-0.2, 0) is 7.05 Å². The van der Waals surface area contributed by atoms with E-state index in [4.69, 9.17) is 4.74 Å². The van der Waals surface area contributed by atoms with Crippen LogP contribution in [0.25, 0.3) is 11.0 Å². The molecule has 0 fully saturated rings. The molecule has 3 aromatic heterocycles. The van der Waals surface area contributed by atoms with Crippen molar-refractivity contribution in [1.29, 1.82) is 0 Å². The third-order valence-corrected chi connectivity index (χ3v) is 2.96. The largest absolute Gasteiger partial charge is 0.476 e. The standard InChI is InChI=1S/C14H15N5O/c1-3-20-14-11(5-4-7-15-14)18-13-12-10(16-9-17-13)6-8-19(12)2/h4-9H,3H2,1-2H3,(H,16,17,18). The molecular weight excluding hydrogens is 254 g/mol. The Bertz CT molecular complexity index is 737. The van der Waals surface area contributed by atoms with Gasteiger partial charge in [-0.15, -0.1) is 0 Å². The normalized spacial score (nSPS) is 10.7. The Balaban J connectivity index is 2.03. The van der Waals surface area contributed by atoms with Crippen LogP contribution in [-0.4, -0.2) is 26.1 Å². The van der Waals surface area contributed by atoms with Gasteiger partial charge in [-0.2, -0.15) is 0 Å². The third-order valence-electron chi connectivity index (χ3n) is 2.96. The summed E-state index contributed by atoms with van der Waals surface area (Å²) in [4.78, 5) is 12.8. The molecule has 3 aromatic rings. The first-order chi connectivity index (χ1) is 9.79. The molecule has 20 heavy (non-hydrogen) atoms. The van der Waals surface area contributed by atoms with Crippen molar-refractivity contribution >= 4 is 22.5 Å². The second-order valence-electron chi connectivity index (χ2n) is 4.30. The Morgan fingerprint density at radius 1 is 1.25 bits per heavy atom. The van der Waals surface area contributed by atoms with Crippen molar-refractivity contribution in [3.8, 4) is 5.88 Å². The van der Waals surface area contributed by atoms with E-state index in [2.05, 4.69) is 20.3 Å². The number of nitrogens with zero attached hydrogens (tertiary/aromatic N) is 4. The number of pyridine rings is 1. The zero-order chi connectivity index (χ0) is 13.9. The maximum absolute atomic E-state index is 5.51. The van der Waals surface area contributed by atoms with E-state index in [0.717, 1.165) is 22.5 Å². The van der Waals surface area contributed by atoms with Gasteiger partial charge in [0.05, 0.1) is 12.1 Å². The van der Waals surface area contributed by atoms with Crippen LogP contribution < -0.4 is 10.1 Å². The highest BCUT2D eigenvalue weighted by Crippen LogP contribution is 2.27.